The molecule has 5 rings (SSSR count). The predicted octanol–water partition coefficient (Wildman–Crippen LogP) is 3.42. The highest BCUT2D eigenvalue weighted by atomic mass is 32.1. The van der Waals surface area contributed by atoms with Crippen LogP contribution in [0.3, 0.4) is 0 Å². The van der Waals surface area contributed by atoms with E-state index in [1.807, 2.05) is 25.1 Å². The maximum absolute atomic E-state index is 12.9. The van der Waals surface area contributed by atoms with E-state index in [1.165, 1.54) is 17.8 Å². The molecule has 4 aromatic heterocycles. The number of pyridine rings is 1. The standard InChI is InChI=1S/C19H17N5OS/c1-11-8-13(23-17(22-11)12-4-2-5-12)9-24-10-21-15-14-6-3-7-20-18(14)26-16(15)19(24)25/h3,6-8,10,12H,2,4-5,9H2,1H3. The summed E-state index contributed by atoms with van der Waals surface area (Å²) in [5, 5.41) is 0.932. The van der Waals surface area contributed by atoms with Crippen molar-refractivity contribution in [2.24, 2.45) is 0 Å². The average Bonchev–Trinajstić information content (AvgIpc) is 2.95. The third-order valence-electron chi connectivity index (χ3n) is 4.95. The summed E-state index contributed by atoms with van der Waals surface area (Å²) in [6, 6.07) is 5.77. The molecule has 1 aliphatic rings. The smallest absolute Gasteiger partial charge is 0.271 e. The number of hydrogen-bond acceptors (Lipinski definition) is 6. The van der Waals surface area contributed by atoms with Crippen LogP contribution in [0.1, 0.15) is 42.4 Å². The molecule has 0 aromatic carbocycles. The van der Waals surface area contributed by atoms with E-state index < -0.39 is 0 Å². The molecule has 1 fully saturated rings. The Labute approximate surface area is 153 Å². The molecule has 0 radical (unpaired) electrons. The molecule has 0 saturated heterocycles. The monoisotopic (exact) mass is 363 g/mol. The second-order valence-corrected chi connectivity index (χ2v) is 7.80. The van der Waals surface area contributed by atoms with E-state index in [0.29, 0.717) is 17.2 Å². The summed E-state index contributed by atoms with van der Waals surface area (Å²) < 4.78 is 2.27. The lowest BCUT2D eigenvalue weighted by atomic mass is 9.85. The first-order chi connectivity index (χ1) is 12.7. The highest BCUT2D eigenvalue weighted by Gasteiger charge is 2.23. The van der Waals surface area contributed by atoms with Gasteiger partial charge in [0.15, 0.2) is 0 Å². The van der Waals surface area contributed by atoms with Crippen molar-refractivity contribution in [2.45, 2.75) is 38.6 Å². The van der Waals surface area contributed by atoms with Gasteiger partial charge in [0.2, 0.25) is 0 Å². The van der Waals surface area contributed by atoms with E-state index in [2.05, 4.69) is 15.0 Å². The van der Waals surface area contributed by atoms with Crippen LogP contribution >= 0.6 is 11.3 Å². The largest absolute Gasteiger partial charge is 0.292 e. The Balaban J connectivity index is 1.57. The molecule has 130 valence electrons. The molecule has 0 amide bonds. The van der Waals surface area contributed by atoms with Crippen LogP contribution < -0.4 is 5.56 Å². The number of thiophene rings is 1. The van der Waals surface area contributed by atoms with Crippen molar-refractivity contribution in [3.63, 3.8) is 0 Å². The molecule has 1 aliphatic carbocycles. The van der Waals surface area contributed by atoms with E-state index in [-0.39, 0.29) is 5.56 Å². The van der Waals surface area contributed by atoms with E-state index in [4.69, 9.17) is 4.98 Å². The van der Waals surface area contributed by atoms with Crippen LogP contribution in [-0.4, -0.2) is 24.5 Å². The van der Waals surface area contributed by atoms with Crippen LogP contribution in [0.4, 0.5) is 0 Å². The lowest BCUT2D eigenvalue weighted by molar-refractivity contribution is 0.399. The normalized spacial score (nSPS) is 14.8. The Hall–Kier alpha value is -2.67. The highest BCUT2D eigenvalue weighted by molar-refractivity contribution is 7.25. The first-order valence-corrected chi connectivity index (χ1v) is 9.58. The van der Waals surface area contributed by atoms with Gasteiger partial charge in [0, 0.05) is 23.2 Å². The van der Waals surface area contributed by atoms with E-state index >= 15 is 0 Å². The highest BCUT2D eigenvalue weighted by Crippen LogP contribution is 2.34. The summed E-state index contributed by atoms with van der Waals surface area (Å²) in [4.78, 5) is 31.9. The molecular formula is C19H17N5OS. The Bertz CT molecular complexity index is 1190. The minimum absolute atomic E-state index is 0.0422. The molecule has 0 unspecified atom stereocenters. The zero-order valence-corrected chi connectivity index (χ0v) is 15.2. The summed E-state index contributed by atoms with van der Waals surface area (Å²) in [5.74, 6) is 1.39. The minimum Gasteiger partial charge on any atom is -0.292 e. The lowest BCUT2D eigenvalue weighted by Gasteiger charge is -2.24. The van der Waals surface area contributed by atoms with Gasteiger partial charge in [0.1, 0.15) is 15.4 Å². The lowest BCUT2D eigenvalue weighted by Crippen LogP contribution is -2.22. The van der Waals surface area contributed by atoms with Gasteiger partial charge >= 0.3 is 0 Å². The van der Waals surface area contributed by atoms with Crippen LogP contribution in [0.5, 0.6) is 0 Å². The predicted molar refractivity (Wildman–Crippen MR) is 102 cm³/mol. The fourth-order valence-electron chi connectivity index (χ4n) is 3.38. The van der Waals surface area contributed by atoms with Gasteiger partial charge < -0.3 is 0 Å². The second kappa shape index (κ2) is 5.95. The Morgan fingerprint density at radius 2 is 2.15 bits per heavy atom. The fourth-order valence-corrected chi connectivity index (χ4v) is 4.42. The van der Waals surface area contributed by atoms with Crippen molar-refractivity contribution in [3.8, 4) is 0 Å². The van der Waals surface area contributed by atoms with Gasteiger partial charge in [-0.1, -0.05) is 6.42 Å². The van der Waals surface area contributed by atoms with Crippen LogP contribution in [0.15, 0.2) is 35.5 Å². The summed E-state index contributed by atoms with van der Waals surface area (Å²) in [6.45, 7) is 2.39. The summed E-state index contributed by atoms with van der Waals surface area (Å²) >= 11 is 1.40. The Kier molecular flexibility index (Phi) is 3.56. The van der Waals surface area contributed by atoms with Gasteiger partial charge in [-0.2, -0.15) is 0 Å². The Morgan fingerprint density at radius 1 is 1.27 bits per heavy atom. The second-order valence-electron chi connectivity index (χ2n) is 6.80. The quantitative estimate of drug-likeness (QED) is 0.558. The molecule has 0 bridgehead atoms. The van der Waals surface area contributed by atoms with Crippen molar-refractivity contribution >= 4 is 31.8 Å². The molecule has 7 heteroatoms. The van der Waals surface area contributed by atoms with Crippen LogP contribution in [0, 0.1) is 6.92 Å². The Morgan fingerprint density at radius 3 is 2.96 bits per heavy atom. The van der Waals surface area contributed by atoms with Crippen LogP contribution in [0.25, 0.3) is 20.4 Å². The van der Waals surface area contributed by atoms with E-state index in [1.54, 1.807) is 17.1 Å². The summed E-state index contributed by atoms with van der Waals surface area (Å²) in [7, 11) is 0. The topological polar surface area (TPSA) is 73.6 Å². The van der Waals surface area contributed by atoms with E-state index in [0.717, 1.165) is 45.8 Å². The van der Waals surface area contributed by atoms with Gasteiger partial charge in [-0.15, -0.1) is 11.3 Å². The van der Waals surface area contributed by atoms with Crippen molar-refractivity contribution in [1.82, 2.24) is 24.5 Å². The van der Waals surface area contributed by atoms with Crippen molar-refractivity contribution < 1.29 is 0 Å². The molecule has 4 aromatic rings. The summed E-state index contributed by atoms with van der Waals surface area (Å²) in [5.41, 5.74) is 2.50. The number of nitrogens with zero attached hydrogens (tertiary/aromatic N) is 5. The maximum atomic E-state index is 12.9. The molecule has 1 saturated carbocycles. The maximum Gasteiger partial charge on any atom is 0.271 e. The summed E-state index contributed by atoms with van der Waals surface area (Å²) in [6.07, 6.45) is 6.92. The number of aryl methyl sites for hydroxylation is 1. The molecule has 6 nitrogen and oxygen atoms in total. The number of fused-ring (bicyclic) bond motifs is 3. The molecule has 0 atom stereocenters. The average molecular weight is 363 g/mol. The third-order valence-corrected chi connectivity index (χ3v) is 6.04. The fraction of sp³-hybridized carbons (Fsp3) is 0.316. The van der Waals surface area contributed by atoms with Gasteiger partial charge in [-0.25, -0.2) is 19.9 Å². The number of aromatic nitrogens is 5. The molecule has 26 heavy (non-hydrogen) atoms. The van der Waals surface area contributed by atoms with Gasteiger partial charge in [0.05, 0.1) is 24.1 Å². The SMILES string of the molecule is Cc1cc(Cn2cnc3c(sc4ncccc43)c2=O)nc(C2CCC2)n1. The minimum atomic E-state index is -0.0422. The third kappa shape index (κ3) is 2.50. The molecule has 0 N–H and O–H groups in total. The number of rotatable bonds is 3. The molecular weight excluding hydrogens is 346 g/mol. The molecule has 4 heterocycles. The van der Waals surface area contributed by atoms with Crippen LogP contribution in [0.2, 0.25) is 0 Å². The first kappa shape index (κ1) is 15.6. The van der Waals surface area contributed by atoms with Gasteiger partial charge in [-0.3, -0.25) is 9.36 Å². The van der Waals surface area contributed by atoms with Crippen molar-refractivity contribution in [2.75, 3.05) is 0 Å². The number of hydrogen-bond donors (Lipinski definition) is 0. The zero-order chi connectivity index (χ0) is 17.7. The van der Waals surface area contributed by atoms with Gasteiger partial charge in [0.25, 0.3) is 5.56 Å². The van der Waals surface area contributed by atoms with E-state index in [9.17, 15) is 4.79 Å². The van der Waals surface area contributed by atoms with Crippen molar-refractivity contribution in [1.29, 1.82) is 0 Å². The van der Waals surface area contributed by atoms with Crippen molar-refractivity contribution in [3.05, 3.63) is 58.3 Å². The van der Waals surface area contributed by atoms with Gasteiger partial charge in [-0.05, 0) is 38.0 Å². The van der Waals surface area contributed by atoms with Crippen LogP contribution in [-0.2, 0) is 6.54 Å². The first-order valence-electron chi connectivity index (χ1n) is 8.76. The molecule has 0 spiro atoms. The molecule has 0 aliphatic heterocycles. The zero-order valence-electron chi connectivity index (χ0n) is 14.3.